The van der Waals surface area contributed by atoms with Crippen LogP contribution in [0.1, 0.15) is 13.8 Å². The summed E-state index contributed by atoms with van der Waals surface area (Å²) in [5.74, 6) is -2.28. The summed E-state index contributed by atoms with van der Waals surface area (Å²) in [6, 6.07) is 0. The van der Waals surface area contributed by atoms with Crippen LogP contribution >= 0.6 is 31.9 Å². The highest BCUT2D eigenvalue weighted by atomic mass is 79.9. The van der Waals surface area contributed by atoms with E-state index in [9.17, 15) is 13.2 Å². The average molecular weight is 410 g/mol. The summed E-state index contributed by atoms with van der Waals surface area (Å²) >= 11 is 5.72. The smallest absolute Gasteiger partial charge is 0.307 e. The molecule has 0 aromatic rings. The maximum Gasteiger partial charge on any atom is 0.307 e. The second-order valence-electron chi connectivity index (χ2n) is 4.86. The molecule has 0 radical (unpaired) electrons. The summed E-state index contributed by atoms with van der Waals surface area (Å²) in [6.07, 6.45) is -1.04. The van der Waals surface area contributed by atoms with Gasteiger partial charge in [-0.15, -0.1) is 0 Å². The lowest BCUT2D eigenvalue weighted by molar-refractivity contribution is -0.139. The number of halogens is 2. The molecule has 3 unspecified atom stereocenters. The van der Waals surface area contributed by atoms with Gasteiger partial charge >= 0.3 is 5.97 Å². The second-order valence-corrected chi connectivity index (χ2v) is 11.1. The molecule has 9 heteroatoms. The maximum atomic E-state index is 11.3. The van der Waals surface area contributed by atoms with Crippen molar-refractivity contribution in [2.45, 2.75) is 22.5 Å². The summed E-state index contributed by atoms with van der Waals surface area (Å²) in [4.78, 5) is 11.1. The van der Waals surface area contributed by atoms with Gasteiger partial charge in [-0.1, -0.05) is 13.8 Å². The van der Waals surface area contributed by atoms with Gasteiger partial charge in [-0.05, 0) is 37.3 Å². The van der Waals surface area contributed by atoms with Crippen molar-refractivity contribution in [1.82, 2.24) is 0 Å². The van der Waals surface area contributed by atoms with Gasteiger partial charge in [0.15, 0.2) is 0 Å². The summed E-state index contributed by atoms with van der Waals surface area (Å²) < 4.78 is 34.9. The highest BCUT2D eigenvalue weighted by molar-refractivity contribution is 9.27. The molecule has 18 heavy (non-hydrogen) atoms. The Labute approximate surface area is 122 Å². The number of ether oxygens (including phenoxy) is 1. The van der Waals surface area contributed by atoms with Crippen LogP contribution < -0.4 is 0 Å². The fourth-order valence-electron chi connectivity index (χ4n) is 2.35. The lowest BCUT2D eigenvalue weighted by Gasteiger charge is -2.27. The lowest BCUT2D eigenvalue weighted by Crippen LogP contribution is -2.42. The van der Waals surface area contributed by atoms with E-state index >= 15 is 0 Å². The number of hydrogen-bond donors (Lipinski definition) is 2. The molecule has 0 amide bonds. The van der Waals surface area contributed by atoms with Crippen molar-refractivity contribution in [3.8, 4) is 0 Å². The van der Waals surface area contributed by atoms with Gasteiger partial charge in [0.2, 0.25) is 2.57 Å². The van der Waals surface area contributed by atoms with Gasteiger partial charge < -0.3 is 9.84 Å². The summed E-state index contributed by atoms with van der Waals surface area (Å²) in [7, 11) is -3.24. The zero-order valence-corrected chi connectivity index (χ0v) is 13.9. The summed E-state index contributed by atoms with van der Waals surface area (Å²) in [6.45, 7) is 3.42. The maximum absolute atomic E-state index is 11.3. The van der Waals surface area contributed by atoms with Gasteiger partial charge in [0, 0.05) is 13.0 Å². The van der Waals surface area contributed by atoms with Crippen LogP contribution in [0.4, 0.5) is 0 Å². The van der Waals surface area contributed by atoms with E-state index in [1.54, 1.807) is 13.8 Å². The molecule has 0 bridgehead atoms. The third kappa shape index (κ3) is 2.47. The first kappa shape index (κ1) is 16.4. The Morgan fingerprint density at radius 3 is 2.11 bits per heavy atom. The first-order chi connectivity index (χ1) is 7.89. The number of carboxylic acids is 1. The number of methoxy groups -OCH3 is 1. The number of aliphatic carboxylic acids is 1. The topological polar surface area (TPSA) is 101 Å². The number of hydrogen-bond acceptors (Lipinski definition) is 4. The predicted molar refractivity (Wildman–Crippen MR) is 71.3 cm³/mol. The Balaban J connectivity index is 3.12. The van der Waals surface area contributed by atoms with Gasteiger partial charge in [0.05, 0.1) is 5.92 Å². The van der Waals surface area contributed by atoms with Crippen LogP contribution in [0.3, 0.4) is 0 Å². The van der Waals surface area contributed by atoms with Gasteiger partial charge in [0.1, 0.15) is 6.10 Å². The Bertz CT molecular complexity index is 458. The van der Waals surface area contributed by atoms with Crippen LogP contribution in [0.2, 0.25) is 0 Å². The van der Waals surface area contributed by atoms with Crippen LogP contribution in [0, 0.1) is 17.3 Å². The monoisotopic (exact) mass is 408 g/mol. The largest absolute Gasteiger partial charge is 0.481 e. The van der Waals surface area contributed by atoms with Crippen molar-refractivity contribution in [3.05, 3.63) is 0 Å². The minimum Gasteiger partial charge on any atom is -0.481 e. The van der Waals surface area contributed by atoms with Crippen molar-refractivity contribution in [1.29, 1.82) is 0 Å². The summed E-state index contributed by atoms with van der Waals surface area (Å²) in [5.41, 5.74) is -0.607. The molecule has 1 rings (SSSR count). The van der Waals surface area contributed by atoms with E-state index in [0.29, 0.717) is 0 Å². The van der Waals surface area contributed by atoms with Crippen molar-refractivity contribution < 1.29 is 27.6 Å². The number of alkyl halides is 2. The molecule has 106 valence electrons. The zero-order valence-electron chi connectivity index (χ0n) is 9.92. The highest BCUT2D eigenvalue weighted by Gasteiger charge is 2.70. The Morgan fingerprint density at radius 1 is 1.44 bits per heavy atom. The molecule has 1 fully saturated rings. The minimum atomic E-state index is -4.50. The summed E-state index contributed by atoms with van der Waals surface area (Å²) in [5, 5.41) is 9.07. The zero-order chi connectivity index (χ0) is 14.5. The molecule has 0 heterocycles. The first-order valence-electron chi connectivity index (χ1n) is 4.99. The molecular weight excluding hydrogens is 396 g/mol. The fraction of sp³-hybridized carbons (Fsp3) is 0.889. The minimum absolute atomic E-state index is 0.541. The number of carbonyl (C=O) groups is 1. The van der Waals surface area contributed by atoms with Crippen LogP contribution in [0.15, 0.2) is 0 Å². The van der Waals surface area contributed by atoms with Gasteiger partial charge in [-0.3, -0.25) is 9.35 Å². The molecule has 3 atom stereocenters. The second kappa shape index (κ2) is 4.69. The Hall–Kier alpha value is 0.300. The molecule has 2 N–H and O–H groups in total. The molecule has 0 aromatic heterocycles. The van der Waals surface area contributed by atoms with E-state index in [1.165, 1.54) is 7.11 Å². The first-order valence-corrected chi connectivity index (χ1v) is 8.02. The fourth-order valence-corrected chi connectivity index (χ4v) is 3.83. The molecular formula is C9H14Br2O6S. The van der Waals surface area contributed by atoms with Crippen molar-refractivity contribution in [2.75, 3.05) is 7.11 Å². The van der Waals surface area contributed by atoms with Crippen molar-refractivity contribution in [3.63, 3.8) is 0 Å². The van der Waals surface area contributed by atoms with E-state index in [-0.39, 0.29) is 0 Å². The van der Waals surface area contributed by atoms with Crippen LogP contribution in [-0.2, 0) is 19.6 Å². The molecule has 0 spiro atoms. The van der Waals surface area contributed by atoms with E-state index in [0.717, 1.165) is 0 Å². The SMILES string of the molecule is COC(C1C(C(=O)O)C1(C)C)C(Br)(Br)S(=O)(=O)O. The quantitative estimate of drug-likeness (QED) is 0.529. The van der Waals surface area contributed by atoms with Crippen molar-refractivity contribution in [2.24, 2.45) is 17.3 Å². The van der Waals surface area contributed by atoms with E-state index in [1.807, 2.05) is 0 Å². The molecule has 0 aliphatic heterocycles. The van der Waals surface area contributed by atoms with Crippen LogP contribution in [0.5, 0.6) is 0 Å². The number of carboxylic acid groups (broad SMARTS) is 1. The Morgan fingerprint density at radius 2 is 1.89 bits per heavy atom. The molecule has 1 aliphatic rings. The van der Waals surface area contributed by atoms with Gasteiger partial charge in [0.25, 0.3) is 10.1 Å². The lowest BCUT2D eigenvalue weighted by atomic mass is 10.1. The number of rotatable bonds is 5. The molecule has 0 aromatic carbocycles. The molecule has 0 saturated heterocycles. The normalized spacial score (nSPS) is 28.8. The molecule has 1 saturated carbocycles. The van der Waals surface area contributed by atoms with Gasteiger partial charge in [-0.2, -0.15) is 8.42 Å². The van der Waals surface area contributed by atoms with Crippen LogP contribution in [-0.4, -0.2) is 39.8 Å². The van der Waals surface area contributed by atoms with E-state index in [4.69, 9.17) is 14.4 Å². The van der Waals surface area contributed by atoms with Gasteiger partial charge in [-0.25, -0.2) is 0 Å². The molecule has 6 nitrogen and oxygen atoms in total. The third-order valence-electron chi connectivity index (χ3n) is 3.43. The third-order valence-corrected chi connectivity index (χ3v) is 7.71. The van der Waals surface area contributed by atoms with Crippen LogP contribution in [0.25, 0.3) is 0 Å². The average Bonchev–Trinajstić information content (AvgIpc) is 2.67. The predicted octanol–water partition coefficient (Wildman–Crippen LogP) is 1.69. The van der Waals surface area contributed by atoms with E-state index < -0.39 is 42.0 Å². The highest BCUT2D eigenvalue weighted by Crippen LogP contribution is 2.64. The van der Waals surface area contributed by atoms with Crippen molar-refractivity contribution >= 4 is 47.9 Å². The Kier molecular flexibility index (Phi) is 4.26. The standard InChI is InChI=1S/C9H14Br2O6S/c1-8(2)4(5(8)7(12)13)6(17-3)9(10,11)18(14,15)16/h4-6H,1-3H3,(H,12,13)(H,14,15,16). The van der Waals surface area contributed by atoms with E-state index in [2.05, 4.69) is 31.9 Å². The molecule has 1 aliphatic carbocycles.